The number of rotatable bonds is 11. The van der Waals surface area contributed by atoms with E-state index in [1.165, 1.54) is 0 Å². The maximum atomic E-state index is 13.9. The van der Waals surface area contributed by atoms with E-state index in [0.29, 0.717) is 78.5 Å². The summed E-state index contributed by atoms with van der Waals surface area (Å²) < 4.78 is 18.8. The van der Waals surface area contributed by atoms with Gasteiger partial charge in [-0.15, -0.1) is 0 Å². The molecule has 0 spiro atoms. The number of carbonyl (C=O) groups is 1. The number of ether oxygens (including phenoxy) is 3. The molecule has 0 saturated heterocycles. The van der Waals surface area contributed by atoms with Crippen molar-refractivity contribution in [1.82, 2.24) is 10.2 Å². The fourth-order valence-electron chi connectivity index (χ4n) is 7.28. The number of aromatic hydroxyl groups is 1. The van der Waals surface area contributed by atoms with Crippen LogP contribution in [-0.2, 0) is 37.3 Å². The smallest absolute Gasteiger partial charge is 0.237 e. The Labute approximate surface area is 341 Å². The molecular weight excluding hydrogens is 757 g/mol. The number of nitriles is 1. The van der Waals surface area contributed by atoms with Crippen LogP contribution < -0.4 is 19.5 Å². The Kier molecular flexibility index (Phi) is 11.3. The first-order chi connectivity index (χ1) is 27.8. The highest BCUT2D eigenvalue weighted by Crippen LogP contribution is 2.41. The lowest BCUT2D eigenvalue weighted by molar-refractivity contribution is -0.127. The summed E-state index contributed by atoms with van der Waals surface area (Å²) in [5.74, 6) is 2.16. The van der Waals surface area contributed by atoms with Crippen LogP contribution in [0.5, 0.6) is 23.0 Å². The number of fused-ring (bicyclic) bond motifs is 2. The van der Waals surface area contributed by atoms with E-state index in [2.05, 4.69) is 40.6 Å². The van der Waals surface area contributed by atoms with E-state index in [1.807, 2.05) is 78.9 Å². The van der Waals surface area contributed by atoms with E-state index in [1.54, 1.807) is 24.3 Å². The molecule has 0 saturated carbocycles. The van der Waals surface area contributed by atoms with Crippen molar-refractivity contribution in [2.45, 2.75) is 44.7 Å². The largest absolute Gasteiger partial charge is 0.508 e. The molecule has 2 atom stereocenters. The predicted molar refractivity (Wildman–Crippen MR) is 221 cm³/mol. The number of nitrogens with zero attached hydrogens (tertiary/aromatic N) is 2. The number of benzene rings is 6. The number of phenolic OH excluding ortho intramolecular Hbond substituents is 1. The molecule has 6 aromatic carbocycles. The van der Waals surface area contributed by atoms with Gasteiger partial charge in [0.05, 0.1) is 27.7 Å². The third-order valence-corrected chi connectivity index (χ3v) is 11.2. The Bertz CT molecular complexity index is 2430. The highest BCUT2D eigenvalue weighted by Gasteiger charge is 2.34. The van der Waals surface area contributed by atoms with Crippen molar-refractivity contribution in [3.8, 4) is 40.2 Å². The number of nitrogens with one attached hydrogen (secondary N) is 1. The van der Waals surface area contributed by atoms with Gasteiger partial charge in [-0.2, -0.15) is 5.26 Å². The topological polar surface area (TPSA) is 104 Å². The molecule has 2 N–H and O–H groups in total. The van der Waals surface area contributed by atoms with Gasteiger partial charge >= 0.3 is 0 Å². The van der Waals surface area contributed by atoms with Gasteiger partial charge in [0.2, 0.25) is 5.91 Å². The number of hydrogen-bond acceptors (Lipinski definition) is 7. The molecule has 8 nitrogen and oxygen atoms in total. The average Bonchev–Trinajstić information content (AvgIpc) is 3.24. The summed E-state index contributed by atoms with van der Waals surface area (Å²) >= 11 is 12.2. The fraction of sp³-hybridized carbons (Fsp3) is 0.191. The number of amides is 1. The molecule has 2 unspecified atom stereocenters. The van der Waals surface area contributed by atoms with Gasteiger partial charge in [-0.1, -0.05) is 96.0 Å². The second-order valence-corrected chi connectivity index (χ2v) is 15.1. The first kappa shape index (κ1) is 37.9. The molecule has 0 bridgehead atoms. The Morgan fingerprint density at radius 2 is 1.56 bits per heavy atom. The SMILES string of the molecule is N#Cc1ccc(-c2ccc(CCNC(=O)C3Cc4cc5c(cc4CN3Cc3ccccc3O)OC(c3ccc(OCc4ccc(Cl)c(Cl)c4)cc3)CO5)cc2)cc1. The Balaban J connectivity index is 0.927. The first-order valence-corrected chi connectivity index (χ1v) is 19.6. The molecule has 2 heterocycles. The Morgan fingerprint density at radius 3 is 2.30 bits per heavy atom. The summed E-state index contributed by atoms with van der Waals surface area (Å²) in [6.45, 7) is 2.07. The summed E-state index contributed by atoms with van der Waals surface area (Å²) in [7, 11) is 0. The molecule has 6 aromatic rings. The van der Waals surface area contributed by atoms with Crippen molar-refractivity contribution in [1.29, 1.82) is 5.26 Å². The summed E-state index contributed by atoms with van der Waals surface area (Å²) in [5.41, 5.74) is 8.57. The van der Waals surface area contributed by atoms with E-state index < -0.39 is 6.04 Å². The molecule has 0 aliphatic carbocycles. The average molecular weight is 797 g/mol. The number of halogens is 2. The highest BCUT2D eigenvalue weighted by atomic mass is 35.5. The van der Waals surface area contributed by atoms with E-state index in [0.717, 1.165) is 44.5 Å². The summed E-state index contributed by atoms with van der Waals surface area (Å²) in [5, 5.41) is 23.9. The number of carbonyl (C=O) groups excluding carboxylic acids is 1. The second kappa shape index (κ2) is 17.0. The van der Waals surface area contributed by atoms with Crippen LogP contribution in [0, 0.1) is 11.3 Å². The van der Waals surface area contributed by atoms with E-state index in [9.17, 15) is 9.90 Å². The van der Waals surface area contributed by atoms with E-state index in [-0.39, 0.29) is 17.8 Å². The van der Waals surface area contributed by atoms with Gasteiger partial charge in [-0.05, 0) is 106 Å². The molecule has 57 heavy (non-hydrogen) atoms. The van der Waals surface area contributed by atoms with Crippen LogP contribution in [0.3, 0.4) is 0 Å². The molecule has 0 fully saturated rings. The van der Waals surface area contributed by atoms with Crippen molar-refractivity contribution in [2.75, 3.05) is 13.2 Å². The molecule has 286 valence electrons. The zero-order chi connectivity index (χ0) is 39.3. The highest BCUT2D eigenvalue weighted by molar-refractivity contribution is 6.42. The lowest BCUT2D eigenvalue weighted by Gasteiger charge is -2.37. The normalized spacial score (nSPS) is 15.9. The molecule has 2 aliphatic heterocycles. The van der Waals surface area contributed by atoms with Gasteiger partial charge in [-0.25, -0.2) is 0 Å². The van der Waals surface area contributed by atoms with Crippen molar-refractivity contribution >= 4 is 29.1 Å². The van der Waals surface area contributed by atoms with Crippen molar-refractivity contribution in [3.63, 3.8) is 0 Å². The van der Waals surface area contributed by atoms with E-state index >= 15 is 0 Å². The summed E-state index contributed by atoms with van der Waals surface area (Å²) in [6.07, 6.45) is 0.847. The van der Waals surface area contributed by atoms with Crippen LogP contribution in [0.15, 0.2) is 127 Å². The zero-order valence-corrected chi connectivity index (χ0v) is 32.5. The van der Waals surface area contributed by atoms with Crippen LogP contribution >= 0.6 is 23.2 Å². The lowest BCUT2D eigenvalue weighted by atomic mass is 9.92. The molecule has 10 heteroatoms. The van der Waals surface area contributed by atoms with Crippen LogP contribution in [0.2, 0.25) is 10.0 Å². The monoisotopic (exact) mass is 795 g/mol. The summed E-state index contributed by atoms with van der Waals surface area (Å²) in [6, 6.07) is 42.0. The van der Waals surface area contributed by atoms with Gasteiger partial charge in [0.25, 0.3) is 0 Å². The number of para-hydroxylation sites is 1. The van der Waals surface area contributed by atoms with Crippen molar-refractivity contribution in [3.05, 3.63) is 176 Å². The fourth-order valence-corrected chi connectivity index (χ4v) is 7.60. The quantitative estimate of drug-likeness (QED) is 0.135. The molecular formula is C47H39Cl2N3O5. The molecule has 2 aliphatic rings. The van der Waals surface area contributed by atoms with Crippen molar-refractivity contribution < 1.29 is 24.1 Å². The third-order valence-electron chi connectivity index (χ3n) is 10.5. The van der Waals surface area contributed by atoms with Crippen LogP contribution in [0.4, 0.5) is 0 Å². The maximum absolute atomic E-state index is 13.9. The van der Waals surface area contributed by atoms with Crippen LogP contribution in [0.25, 0.3) is 11.1 Å². The minimum atomic E-state index is -0.455. The van der Waals surface area contributed by atoms with Gasteiger partial charge in [-0.3, -0.25) is 9.69 Å². The van der Waals surface area contributed by atoms with Gasteiger partial charge in [0, 0.05) is 25.2 Å². The minimum Gasteiger partial charge on any atom is -0.508 e. The molecule has 1 amide bonds. The standard InChI is InChI=1S/C47H39Cl2N3O5/c48-40-18-9-32(21-41(40)49)28-55-39-16-14-35(15-17-39)46-29-56-44-23-37-22-42(52(27-38(37)24-45(44)57-46)26-36-3-1-2-4-43(36)53)47(54)51-20-19-30-5-10-33(11-6-30)34-12-7-31(25-50)8-13-34/h1-18,21,23-24,42,46,53H,19-20,22,26-29H2,(H,51,54). The first-order valence-electron chi connectivity index (χ1n) is 18.8. The second-order valence-electron chi connectivity index (χ2n) is 14.3. The van der Waals surface area contributed by atoms with Crippen molar-refractivity contribution in [2.24, 2.45) is 0 Å². The van der Waals surface area contributed by atoms with Gasteiger partial charge < -0.3 is 24.6 Å². The van der Waals surface area contributed by atoms with Crippen LogP contribution in [0.1, 0.15) is 45.0 Å². The predicted octanol–water partition coefficient (Wildman–Crippen LogP) is 9.61. The lowest BCUT2D eigenvalue weighted by Crippen LogP contribution is -2.50. The van der Waals surface area contributed by atoms with Gasteiger partial charge in [0.1, 0.15) is 24.7 Å². The van der Waals surface area contributed by atoms with E-state index in [4.69, 9.17) is 42.7 Å². The zero-order valence-electron chi connectivity index (χ0n) is 31.0. The number of phenols is 1. The molecule has 0 radical (unpaired) electrons. The molecule has 0 aromatic heterocycles. The Hall–Kier alpha value is -5.98. The minimum absolute atomic E-state index is 0.0652. The maximum Gasteiger partial charge on any atom is 0.237 e. The third kappa shape index (κ3) is 8.87. The summed E-state index contributed by atoms with van der Waals surface area (Å²) in [4.78, 5) is 16.0. The Morgan fingerprint density at radius 1 is 0.842 bits per heavy atom. The molecule has 8 rings (SSSR count). The number of hydrogen-bond donors (Lipinski definition) is 2. The van der Waals surface area contributed by atoms with Crippen LogP contribution in [-0.4, -0.2) is 35.1 Å². The van der Waals surface area contributed by atoms with Gasteiger partial charge in [0.15, 0.2) is 17.6 Å².